The highest BCUT2D eigenvalue weighted by Gasteiger charge is 2.16. The van der Waals surface area contributed by atoms with Gasteiger partial charge in [0.05, 0.1) is 18.8 Å². The summed E-state index contributed by atoms with van der Waals surface area (Å²) in [6.07, 6.45) is 6.50. The largest absolute Gasteiger partial charge is 0.490 e. The van der Waals surface area contributed by atoms with E-state index in [0.717, 1.165) is 48.6 Å². The molecule has 27 heavy (non-hydrogen) atoms. The van der Waals surface area contributed by atoms with Gasteiger partial charge in [-0.2, -0.15) is 0 Å². The van der Waals surface area contributed by atoms with Gasteiger partial charge in [0.1, 0.15) is 0 Å². The van der Waals surface area contributed by atoms with E-state index < -0.39 is 0 Å². The number of nitrogens with one attached hydrogen (secondary N) is 2. The first-order valence-electron chi connectivity index (χ1n) is 9.59. The van der Waals surface area contributed by atoms with Gasteiger partial charge in [-0.25, -0.2) is 0 Å². The normalized spacial score (nSPS) is 18.7. The molecule has 1 amide bonds. The summed E-state index contributed by atoms with van der Waals surface area (Å²) in [5.74, 6) is 2.03. The molecular formula is C21H25N3O3. The molecule has 1 saturated heterocycles. The quantitative estimate of drug-likeness (QED) is 0.849. The Morgan fingerprint density at radius 2 is 2.04 bits per heavy atom. The van der Waals surface area contributed by atoms with Crippen molar-refractivity contribution >= 4 is 5.91 Å². The molecule has 0 aliphatic carbocycles. The Morgan fingerprint density at radius 3 is 2.89 bits per heavy atom. The second-order valence-electron chi connectivity index (χ2n) is 7.16. The number of amides is 1. The van der Waals surface area contributed by atoms with E-state index in [2.05, 4.69) is 15.6 Å². The number of carbonyl (C=O) groups excluding carboxylic acids is 1. The lowest BCUT2D eigenvalue weighted by Gasteiger charge is -2.11. The summed E-state index contributed by atoms with van der Waals surface area (Å²) in [6, 6.07) is 7.74. The van der Waals surface area contributed by atoms with Gasteiger partial charge in [-0.15, -0.1) is 0 Å². The molecule has 2 aliphatic rings. The molecule has 0 spiro atoms. The zero-order valence-electron chi connectivity index (χ0n) is 15.4. The van der Waals surface area contributed by atoms with Crippen LogP contribution in [0.1, 0.15) is 34.3 Å². The van der Waals surface area contributed by atoms with Gasteiger partial charge in [-0.1, -0.05) is 6.07 Å². The predicted molar refractivity (Wildman–Crippen MR) is 102 cm³/mol. The van der Waals surface area contributed by atoms with Gasteiger partial charge in [0.25, 0.3) is 5.91 Å². The number of pyridine rings is 1. The molecule has 0 saturated carbocycles. The lowest BCUT2D eigenvalue weighted by atomic mass is 9.99. The summed E-state index contributed by atoms with van der Waals surface area (Å²) in [4.78, 5) is 16.8. The Morgan fingerprint density at radius 1 is 1.15 bits per heavy atom. The fourth-order valence-electron chi connectivity index (χ4n) is 3.55. The Bertz CT molecular complexity index is 803. The van der Waals surface area contributed by atoms with Crippen molar-refractivity contribution < 1.29 is 14.3 Å². The molecule has 2 aliphatic heterocycles. The number of carbonyl (C=O) groups is 1. The summed E-state index contributed by atoms with van der Waals surface area (Å²) in [6.45, 7) is 3.88. The van der Waals surface area contributed by atoms with E-state index in [1.807, 2.05) is 30.5 Å². The number of benzene rings is 1. The molecule has 4 rings (SSSR count). The van der Waals surface area contributed by atoms with E-state index in [-0.39, 0.29) is 5.91 Å². The van der Waals surface area contributed by atoms with Gasteiger partial charge in [0.15, 0.2) is 11.5 Å². The maximum Gasteiger partial charge on any atom is 0.253 e. The average molecular weight is 367 g/mol. The van der Waals surface area contributed by atoms with Crippen LogP contribution in [0.15, 0.2) is 36.7 Å². The third-order valence-corrected chi connectivity index (χ3v) is 5.01. The minimum absolute atomic E-state index is 0.110. The third-order valence-electron chi connectivity index (χ3n) is 5.01. The summed E-state index contributed by atoms with van der Waals surface area (Å²) < 4.78 is 11.3. The minimum atomic E-state index is -0.110. The van der Waals surface area contributed by atoms with Crippen molar-refractivity contribution in [2.24, 2.45) is 5.92 Å². The van der Waals surface area contributed by atoms with Crippen molar-refractivity contribution in [3.05, 3.63) is 53.3 Å². The first-order valence-corrected chi connectivity index (χ1v) is 9.59. The van der Waals surface area contributed by atoms with E-state index in [4.69, 9.17) is 9.47 Å². The van der Waals surface area contributed by atoms with Gasteiger partial charge in [-0.05, 0) is 61.2 Å². The highest BCUT2D eigenvalue weighted by atomic mass is 16.5. The Kier molecular flexibility index (Phi) is 5.53. The van der Waals surface area contributed by atoms with Crippen LogP contribution in [0.2, 0.25) is 0 Å². The van der Waals surface area contributed by atoms with Crippen molar-refractivity contribution in [3.8, 4) is 11.5 Å². The molecule has 1 atom stereocenters. The van der Waals surface area contributed by atoms with Gasteiger partial charge in [0.2, 0.25) is 0 Å². The van der Waals surface area contributed by atoms with Crippen molar-refractivity contribution in [2.75, 3.05) is 26.3 Å². The predicted octanol–water partition coefficient (Wildman–Crippen LogP) is 2.32. The van der Waals surface area contributed by atoms with Crippen LogP contribution in [-0.2, 0) is 13.0 Å². The molecule has 1 aromatic heterocycles. The van der Waals surface area contributed by atoms with Gasteiger partial charge >= 0.3 is 0 Å². The summed E-state index contributed by atoms with van der Waals surface area (Å²) in [7, 11) is 0. The number of hydrogen-bond acceptors (Lipinski definition) is 5. The molecule has 1 fully saturated rings. The molecule has 142 valence electrons. The Labute approximate surface area is 159 Å². The lowest BCUT2D eigenvalue weighted by Crippen LogP contribution is -2.23. The second-order valence-corrected chi connectivity index (χ2v) is 7.16. The molecule has 0 bridgehead atoms. The molecule has 1 unspecified atom stereocenters. The smallest absolute Gasteiger partial charge is 0.253 e. The first-order chi connectivity index (χ1) is 13.3. The average Bonchev–Trinajstić information content (AvgIpc) is 3.09. The molecule has 2 N–H and O–H groups in total. The summed E-state index contributed by atoms with van der Waals surface area (Å²) in [5.41, 5.74) is 2.70. The Hall–Kier alpha value is -2.60. The van der Waals surface area contributed by atoms with E-state index in [1.54, 1.807) is 6.20 Å². The minimum Gasteiger partial charge on any atom is -0.490 e. The monoisotopic (exact) mass is 367 g/mol. The molecule has 2 aromatic rings. The van der Waals surface area contributed by atoms with Crippen LogP contribution in [0.4, 0.5) is 0 Å². The van der Waals surface area contributed by atoms with Crippen LogP contribution in [0.5, 0.6) is 11.5 Å². The molecule has 6 heteroatoms. The topological polar surface area (TPSA) is 72.5 Å². The molecule has 6 nitrogen and oxygen atoms in total. The number of nitrogens with zero attached hydrogens (tertiary/aromatic N) is 1. The number of aromatic nitrogens is 1. The fraction of sp³-hybridized carbons (Fsp3) is 0.429. The van der Waals surface area contributed by atoms with Gasteiger partial charge < -0.3 is 20.1 Å². The van der Waals surface area contributed by atoms with Gasteiger partial charge in [-0.3, -0.25) is 9.78 Å². The second kappa shape index (κ2) is 8.39. The molecule has 3 heterocycles. The summed E-state index contributed by atoms with van der Waals surface area (Å²) >= 11 is 0. The Balaban J connectivity index is 1.37. The molecule has 1 aromatic carbocycles. The van der Waals surface area contributed by atoms with E-state index >= 15 is 0 Å². The maximum absolute atomic E-state index is 12.5. The first kappa shape index (κ1) is 17.8. The number of rotatable bonds is 5. The number of fused-ring (bicyclic) bond motifs is 1. The van der Waals surface area contributed by atoms with E-state index in [9.17, 15) is 4.79 Å². The molecular weight excluding hydrogens is 342 g/mol. The fourth-order valence-corrected chi connectivity index (χ4v) is 3.55. The van der Waals surface area contributed by atoms with Crippen LogP contribution in [0, 0.1) is 5.92 Å². The third kappa shape index (κ3) is 4.57. The van der Waals surface area contributed by atoms with Crippen molar-refractivity contribution in [3.63, 3.8) is 0 Å². The van der Waals surface area contributed by atoms with Gasteiger partial charge in [0, 0.05) is 25.4 Å². The summed E-state index contributed by atoms with van der Waals surface area (Å²) in [5, 5.41) is 6.35. The van der Waals surface area contributed by atoms with Crippen LogP contribution in [-0.4, -0.2) is 37.2 Å². The maximum atomic E-state index is 12.5. The van der Waals surface area contributed by atoms with E-state index in [1.165, 1.54) is 6.42 Å². The van der Waals surface area contributed by atoms with Crippen molar-refractivity contribution in [1.29, 1.82) is 0 Å². The highest BCUT2D eigenvalue weighted by molar-refractivity contribution is 5.94. The van der Waals surface area contributed by atoms with Crippen LogP contribution in [0.25, 0.3) is 0 Å². The number of ether oxygens (including phenoxy) is 2. The molecule has 0 radical (unpaired) electrons. The van der Waals surface area contributed by atoms with Crippen molar-refractivity contribution in [1.82, 2.24) is 15.6 Å². The zero-order chi connectivity index (χ0) is 18.5. The lowest BCUT2D eigenvalue weighted by molar-refractivity contribution is 0.0950. The SMILES string of the molecule is O=C(NCc1ccc2c(c1)OCCCO2)c1cncc(CC2CCNC2)c1. The van der Waals surface area contributed by atoms with Crippen LogP contribution in [0.3, 0.4) is 0 Å². The van der Waals surface area contributed by atoms with Crippen molar-refractivity contribution in [2.45, 2.75) is 25.8 Å². The van der Waals surface area contributed by atoms with Crippen LogP contribution < -0.4 is 20.1 Å². The number of hydrogen-bond donors (Lipinski definition) is 2. The van der Waals surface area contributed by atoms with Crippen LogP contribution >= 0.6 is 0 Å². The zero-order valence-corrected chi connectivity index (χ0v) is 15.4. The van der Waals surface area contributed by atoms with E-state index in [0.29, 0.717) is 31.2 Å². The highest BCUT2D eigenvalue weighted by Crippen LogP contribution is 2.30. The standard InChI is InChI=1S/C21H25N3O3/c25-21(18-9-17(12-23-14-18)8-16-4-5-22-11-16)24-13-15-2-3-19-20(10-15)27-7-1-6-26-19/h2-3,9-10,12,14,16,22H,1,4-8,11,13H2,(H,24,25).